The number of hydrogen-bond donors (Lipinski definition) is 1. The fraction of sp³-hybridized carbons (Fsp3) is 0.133. The molecule has 0 bridgehead atoms. The van der Waals surface area contributed by atoms with Crippen molar-refractivity contribution in [2.75, 3.05) is 19.8 Å². The molecule has 0 radical (unpaired) electrons. The number of anilines is 1. The highest BCUT2D eigenvalue weighted by molar-refractivity contribution is 6.30. The van der Waals surface area contributed by atoms with E-state index in [4.69, 9.17) is 22.1 Å². The van der Waals surface area contributed by atoms with Crippen LogP contribution in [0.5, 0.6) is 11.5 Å². The topological polar surface area (TPSA) is 55.6 Å². The van der Waals surface area contributed by atoms with Crippen molar-refractivity contribution < 1.29 is 13.9 Å². The number of carbonyl (C=O) groups excluding carboxylic acids is 1. The third-order valence-electron chi connectivity index (χ3n) is 2.76. The molecule has 2 aromatic rings. The van der Waals surface area contributed by atoms with Gasteiger partial charge < -0.3 is 15.4 Å². The maximum Gasteiger partial charge on any atom is 0.257 e. The molecule has 110 valence electrons. The van der Waals surface area contributed by atoms with E-state index in [0.29, 0.717) is 17.0 Å². The van der Waals surface area contributed by atoms with E-state index in [2.05, 4.69) is 0 Å². The zero-order chi connectivity index (χ0) is 15.6. The highest BCUT2D eigenvalue weighted by Gasteiger charge is 2.16. The van der Waals surface area contributed by atoms with Gasteiger partial charge in [0.25, 0.3) is 5.91 Å². The summed E-state index contributed by atoms with van der Waals surface area (Å²) < 4.78 is 18.8. The molecule has 4 nitrogen and oxygen atoms in total. The molecule has 2 N–H and O–H groups in total. The van der Waals surface area contributed by atoms with Crippen LogP contribution in [-0.2, 0) is 0 Å². The van der Waals surface area contributed by atoms with Crippen LogP contribution < -0.4 is 10.5 Å². The predicted octanol–water partition coefficient (Wildman–Crippen LogP) is 3.56. The number of ether oxygens (including phenoxy) is 1. The van der Waals surface area contributed by atoms with Gasteiger partial charge in [0.15, 0.2) is 0 Å². The smallest absolute Gasteiger partial charge is 0.257 e. The van der Waals surface area contributed by atoms with Crippen LogP contribution in [-0.4, -0.2) is 24.9 Å². The molecule has 0 atom stereocenters. The van der Waals surface area contributed by atoms with Crippen LogP contribution >= 0.6 is 11.6 Å². The molecule has 2 aromatic carbocycles. The lowest BCUT2D eigenvalue weighted by molar-refractivity contribution is 0.0825. The Morgan fingerprint density at radius 2 is 1.95 bits per heavy atom. The third-order valence-corrected chi connectivity index (χ3v) is 3.05. The van der Waals surface area contributed by atoms with Gasteiger partial charge in [-0.15, -0.1) is 0 Å². The van der Waals surface area contributed by atoms with Crippen LogP contribution in [0.1, 0.15) is 10.4 Å². The SMILES string of the molecule is CN(C)C(=O)c1ccc(N)cc1Oc1ccc(F)c(Cl)c1. The third kappa shape index (κ3) is 3.44. The number of halogens is 2. The average molecular weight is 309 g/mol. The standard InChI is InChI=1S/C15H14ClFN2O2/c1-19(2)15(20)11-5-3-9(18)7-14(11)21-10-4-6-13(17)12(16)8-10/h3-8H,18H2,1-2H3. The molecule has 0 spiro atoms. The Balaban J connectivity index is 2.40. The Labute approximate surface area is 126 Å². The second-order valence-corrected chi connectivity index (χ2v) is 5.04. The molecule has 0 fully saturated rings. The van der Waals surface area contributed by atoms with Gasteiger partial charge in [0.2, 0.25) is 0 Å². The highest BCUT2D eigenvalue weighted by atomic mass is 35.5. The summed E-state index contributed by atoms with van der Waals surface area (Å²) >= 11 is 5.71. The van der Waals surface area contributed by atoms with Crippen molar-refractivity contribution in [1.29, 1.82) is 0 Å². The van der Waals surface area contributed by atoms with E-state index in [1.165, 1.54) is 29.2 Å². The summed E-state index contributed by atoms with van der Waals surface area (Å²) in [5.74, 6) is -0.157. The van der Waals surface area contributed by atoms with Gasteiger partial charge in [-0.3, -0.25) is 4.79 Å². The zero-order valence-corrected chi connectivity index (χ0v) is 12.3. The first-order chi connectivity index (χ1) is 9.88. The second kappa shape index (κ2) is 6.01. The van der Waals surface area contributed by atoms with Gasteiger partial charge in [0.1, 0.15) is 17.3 Å². The maximum atomic E-state index is 13.1. The number of nitrogens with two attached hydrogens (primary N) is 1. The molecule has 0 saturated carbocycles. The van der Waals surface area contributed by atoms with Gasteiger partial charge in [0, 0.05) is 31.9 Å². The minimum absolute atomic E-state index is 0.0584. The van der Waals surface area contributed by atoms with Crippen LogP contribution in [0.15, 0.2) is 36.4 Å². The number of carbonyl (C=O) groups is 1. The van der Waals surface area contributed by atoms with E-state index in [-0.39, 0.29) is 16.7 Å². The summed E-state index contributed by atoms with van der Waals surface area (Å²) in [5, 5.41) is -0.0584. The van der Waals surface area contributed by atoms with Crippen LogP contribution in [0.2, 0.25) is 5.02 Å². The first-order valence-electron chi connectivity index (χ1n) is 6.12. The molecule has 1 amide bonds. The first kappa shape index (κ1) is 15.1. The normalized spacial score (nSPS) is 10.3. The van der Waals surface area contributed by atoms with Gasteiger partial charge in [-0.05, 0) is 24.3 Å². The van der Waals surface area contributed by atoms with Gasteiger partial charge in [-0.1, -0.05) is 11.6 Å². The molecule has 21 heavy (non-hydrogen) atoms. The Morgan fingerprint density at radius 1 is 1.24 bits per heavy atom. The summed E-state index contributed by atoms with van der Waals surface area (Å²) in [7, 11) is 3.27. The number of benzene rings is 2. The molecule has 0 heterocycles. The van der Waals surface area contributed by atoms with Gasteiger partial charge in [0.05, 0.1) is 10.6 Å². The lowest BCUT2D eigenvalue weighted by atomic mass is 10.1. The number of hydrogen-bond acceptors (Lipinski definition) is 3. The van der Waals surface area contributed by atoms with E-state index in [1.54, 1.807) is 26.2 Å². The van der Waals surface area contributed by atoms with E-state index < -0.39 is 5.82 Å². The molecule has 6 heteroatoms. The zero-order valence-electron chi connectivity index (χ0n) is 11.6. The van der Waals surface area contributed by atoms with Crippen LogP contribution in [0.4, 0.5) is 10.1 Å². The lowest BCUT2D eigenvalue weighted by Crippen LogP contribution is -2.22. The predicted molar refractivity (Wildman–Crippen MR) is 80.4 cm³/mol. The number of nitrogen functional groups attached to an aromatic ring is 1. The Hall–Kier alpha value is -2.27. The minimum Gasteiger partial charge on any atom is -0.456 e. The van der Waals surface area contributed by atoms with Crippen LogP contribution in [0, 0.1) is 5.82 Å². The average Bonchev–Trinajstić information content (AvgIpc) is 2.42. The Kier molecular flexibility index (Phi) is 4.33. The molecule has 0 saturated heterocycles. The maximum absolute atomic E-state index is 13.1. The summed E-state index contributed by atoms with van der Waals surface area (Å²) in [6.45, 7) is 0. The number of nitrogens with zero attached hydrogens (tertiary/aromatic N) is 1. The van der Waals surface area contributed by atoms with E-state index in [0.717, 1.165) is 0 Å². The van der Waals surface area contributed by atoms with Gasteiger partial charge in [-0.25, -0.2) is 4.39 Å². The fourth-order valence-electron chi connectivity index (χ4n) is 1.71. The van der Waals surface area contributed by atoms with Crippen molar-refractivity contribution in [3.63, 3.8) is 0 Å². The van der Waals surface area contributed by atoms with Crippen molar-refractivity contribution in [3.05, 3.63) is 52.8 Å². The van der Waals surface area contributed by atoms with Gasteiger partial charge in [-0.2, -0.15) is 0 Å². The summed E-state index contributed by atoms with van der Waals surface area (Å²) in [6, 6.07) is 8.68. The molecule has 0 unspecified atom stereocenters. The largest absolute Gasteiger partial charge is 0.456 e. The molecule has 0 aliphatic rings. The first-order valence-corrected chi connectivity index (χ1v) is 6.50. The molecule has 0 aromatic heterocycles. The quantitative estimate of drug-likeness (QED) is 0.882. The fourth-order valence-corrected chi connectivity index (χ4v) is 1.88. The lowest BCUT2D eigenvalue weighted by Gasteiger charge is -2.15. The van der Waals surface area contributed by atoms with Crippen LogP contribution in [0.25, 0.3) is 0 Å². The van der Waals surface area contributed by atoms with Crippen molar-refractivity contribution in [3.8, 4) is 11.5 Å². The molecule has 0 aliphatic heterocycles. The van der Waals surface area contributed by atoms with Crippen molar-refractivity contribution in [1.82, 2.24) is 4.90 Å². The van der Waals surface area contributed by atoms with Crippen LogP contribution in [0.3, 0.4) is 0 Å². The summed E-state index contributed by atoms with van der Waals surface area (Å²) in [6.07, 6.45) is 0. The number of rotatable bonds is 3. The summed E-state index contributed by atoms with van der Waals surface area (Å²) in [5.41, 5.74) is 6.53. The van der Waals surface area contributed by atoms with Crippen molar-refractivity contribution in [2.45, 2.75) is 0 Å². The van der Waals surface area contributed by atoms with Gasteiger partial charge >= 0.3 is 0 Å². The van der Waals surface area contributed by atoms with E-state index >= 15 is 0 Å². The number of amides is 1. The monoisotopic (exact) mass is 308 g/mol. The highest BCUT2D eigenvalue weighted by Crippen LogP contribution is 2.30. The minimum atomic E-state index is -0.541. The van der Waals surface area contributed by atoms with Crippen molar-refractivity contribution >= 4 is 23.2 Å². The second-order valence-electron chi connectivity index (χ2n) is 4.63. The molecular weight excluding hydrogens is 295 g/mol. The molecule has 0 aliphatic carbocycles. The van der Waals surface area contributed by atoms with E-state index in [9.17, 15) is 9.18 Å². The summed E-state index contributed by atoms with van der Waals surface area (Å²) in [4.78, 5) is 13.5. The molecule has 2 rings (SSSR count). The Morgan fingerprint density at radius 3 is 2.57 bits per heavy atom. The molecular formula is C15H14ClFN2O2. The van der Waals surface area contributed by atoms with Crippen molar-refractivity contribution in [2.24, 2.45) is 0 Å². The van der Waals surface area contributed by atoms with E-state index in [1.807, 2.05) is 0 Å². The Bertz CT molecular complexity index is 689.